The van der Waals surface area contributed by atoms with Gasteiger partial charge in [0, 0.05) is 50.2 Å². The molecule has 1 aromatic heterocycles. The zero-order chi connectivity index (χ0) is 15.0. The number of carbonyl (C=O) groups is 1. The number of rotatable bonds is 1. The van der Waals surface area contributed by atoms with Gasteiger partial charge in [0.25, 0.3) is 11.5 Å². The first-order chi connectivity index (χ1) is 10.1. The van der Waals surface area contributed by atoms with Crippen molar-refractivity contribution >= 4 is 16.7 Å². The molecule has 1 saturated heterocycles. The van der Waals surface area contributed by atoms with Crippen molar-refractivity contribution in [3.8, 4) is 0 Å². The van der Waals surface area contributed by atoms with E-state index in [0.29, 0.717) is 10.9 Å². The second-order valence-electron chi connectivity index (χ2n) is 5.60. The Morgan fingerprint density at radius 1 is 1.00 bits per heavy atom. The molecule has 1 aliphatic rings. The molecule has 0 saturated carbocycles. The fraction of sp³-hybridized carbons (Fsp3) is 0.375. The fourth-order valence-corrected chi connectivity index (χ4v) is 2.77. The molecule has 0 radical (unpaired) electrons. The number of carbonyl (C=O) groups excluding carboxylic acids is 1. The molecule has 0 spiro atoms. The van der Waals surface area contributed by atoms with Gasteiger partial charge in [-0.1, -0.05) is 18.2 Å². The number of benzene rings is 1. The molecule has 3 rings (SSSR count). The van der Waals surface area contributed by atoms with Crippen LogP contribution < -0.4 is 5.56 Å². The summed E-state index contributed by atoms with van der Waals surface area (Å²) in [6, 6.07) is 7.31. The zero-order valence-corrected chi connectivity index (χ0v) is 12.4. The molecule has 2 heterocycles. The number of hydrogen-bond acceptors (Lipinski definition) is 3. The second kappa shape index (κ2) is 5.33. The maximum atomic E-state index is 12.8. The van der Waals surface area contributed by atoms with Gasteiger partial charge in [-0.2, -0.15) is 0 Å². The fourth-order valence-electron chi connectivity index (χ4n) is 2.77. The van der Waals surface area contributed by atoms with Crippen LogP contribution >= 0.6 is 0 Å². The number of likely N-dealkylation sites (N-methyl/N-ethyl adjacent to an activating group) is 1. The van der Waals surface area contributed by atoms with Gasteiger partial charge in [0.2, 0.25) is 0 Å². The first-order valence-corrected chi connectivity index (χ1v) is 7.14. The Kier molecular flexibility index (Phi) is 3.51. The molecule has 1 fully saturated rings. The molecule has 0 unspecified atom stereocenters. The topological polar surface area (TPSA) is 45.5 Å². The molecule has 1 aliphatic heterocycles. The third-order valence-electron chi connectivity index (χ3n) is 4.11. The summed E-state index contributed by atoms with van der Waals surface area (Å²) in [6.07, 6.45) is 1.66. The van der Waals surface area contributed by atoms with E-state index in [1.54, 1.807) is 19.3 Å². The first-order valence-electron chi connectivity index (χ1n) is 7.14. The minimum atomic E-state index is -0.0690. The van der Waals surface area contributed by atoms with Gasteiger partial charge in [-0.3, -0.25) is 9.59 Å². The van der Waals surface area contributed by atoms with E-state index in [0.717, 1.165) is 31.6 Å². The highest BCUT2D eigenvalue weighted by Gasteiger charge is 2.22. The molecule has 5 heteroatoms. The van der Waals surface area contributed by atoms with Gasteiger partial charge in [0.1, 0.15) is 0 Å². The van der Waals surface area contributed by atoms with Gasteiger partial charge in [0.15, 0.2) is 0 Å². The van der Waals surface area contributed by atoms with Crippen LogP contribution in [0, 0.1) is 0 Å². The molecular weight excluding hydrogens is 266 g/mol. The summed E-state index contributed by atoms with van der Waals surface area (Å²) < 4.78 is 1.49. The number of amides is 1. The van der Waals surface area contributed by atoms with Crippen molar-refractivity contribution in [2.24, 2.45) is 7.05 Å². The van der Waals surface area contributed by atoms with E-state index >= 15 is 0 Å². The molecule has 1 aromatic carbocycles. The number of piperazine rings is 1. The van der Waals surface area contributed by atoms with Gasteiger partial charge < -0.3 is 14.4 Å². The van der Waals surface area contributed by atoms with E-state index in [1.807, 2.05) is 23.1 Å². The van der Waals surface area contributed by atoms with E-state index in [4.69, 9.17) is 0 Å². The number of pyridine rings is 1. The zero-order valence-electron chi connectivity index (χ0n) is 12.4. The summed E-state index contributed by atoms with van der Waals surface area (Å²) in [4.78, 5) is 29.0. The lowest BCUT2D eigenvalue weighted by atomic mass is 10.1. The monoisotopic (exact) mass is 285 g/mol. The predicted octanol–water partition coefficient (Wildman–Crippen LogP) is 0.926. The van der Waals surface area contributed by atoms with E-state index in [-0.39, 0.29) is 11.5 Å². The van der Waals surface area contributed by atoms with Gasteiger partial charge in [-0.25, -0.2) is 0 Å². The molecule has 21 heavy (non-hydrogen) atoms. The van der Waals surface area contributed by atoms with Crippen molar-refractivity contribution in [3.63, 3.8) is 0 Å². The number of aromatic nitrogens is 1. The lowest BCUT2D eigenvalue weighted by Gasteiger charge is -2.32. The van der Waals surface area contributed by atoms with Crippen LogP contribution in [0.4, 0.5) is 0 Å². The molecule has 1 amide bonds. The molecule has 0 aliphatic carbocycles. The van der Waals surface area contributed by atoms with Crippen molar-refractivity contribution in [2.75, 3.05) is 33.2 Å². The lowest BCUT2D eigenvalue weighted by Crippen LogP contribution is -2.47. The summed E-state index contributed by atoms with van der Waals surface area (Å²) in [5.74, 6) is 0.00917. The van der Waals surface area contributed by atoms with Gasteiger partial charge in [0.05, 0.1) is 5.56 Å². The third kappa shape index (κ3) is 2.45. The summed E-state index contributed by atoms with van der Waals surface area (Å²) in [7, 11) is 3.75. The summed E-state index contributed by atoms with van der Waals surface area (Å²) in [6.45, 7) is 3.23. The quantitative estimate of drug-likeness (QED) is 0.783. The van der Waals surface area contributed by atoms with E-state index in [1.165, 1.54) is 4.57 Å². The van der Waals surface area contributed by atoms with Crippen molar-refractivity contribution in [1.29, 1.82) is 0 Å². The van der Waals surface area contributed by atoms with Gasteiger partial charge in [-0.15, -0.1) is 0 Å². The molecule has 2 aromatic rings. The molecule has 0 N–H and O–H groups in total. The van der Waals surface area contributed by atoms with Crippen LogP contribution in [0.3, 0.4) is 0 Å². The van der Waals surface area contributed by atoms with Crippen LogP contribution in [0.2, 0.25) is 0 Å². The second-order valence-corrected chi connectivity index (χ2v) is 5.60. The standard InChI is InChI=1S/C16H19N3O2/c1-17-7-9-19(10-8-17)16(21)14-11-18(2)15(20)13-6-4-3-5-12(13)14/h3-6,11H,7-10H2,1-2H3. The Labute approximate surface area is 123 Å². The number of fused-ring (bicyclic) bond motifs is 1. The number of nitrogens with zero attached hydrogens (tertiary/aromatic N) is 3. The maximum absolute atomic E-state index is 12.8. The maximum Gasteiger partial charge on any atom is 0.258 e. The van der Waals surface area contributed by atoms with Gasteiger partial charge >= 0.3 is 0 Å². The van der Waals surface area contributed by atoms with Crippen LogP contribution in [0.1, 0.15) is 10.4 Å². The highest BCUT2D eigenvalue weighted by molar-refractivity contribution is 6.06. The largest absolute Gasteiger partial charge is 0.336 e. The van der Waals surface area contributed by atoms with Crippen molar-refractivity contribution in [3.05, 3.63) is 46.4 Å². The average Bonchev–Trinajstić information content (AvgIpc) is 2.51. The normalized spacial score (nSPS) is 16.4. The van der Waals surface area contributed by atoms with Crippen LogP contribution in [0.25, 0.3) is 10.8 Å². The van der Waals surface area contributed by atoms with E-state index < -0.39 is 0 Å². The van der Waals surface area contributed by atoms with Crippen LogP contribution in [0.15, 0.2) is 35.3 Å². The summed E-state index contributed by atoms with van der Waals surface area (Å²) >= 11 is 0. The minimum absolute atomic E-state index is 0.00917. The molecule has 110 valence electrons. The Bertz CT molecular complexity index is 743. The Morgan fingerprint density at radius 2 is 1.62 bits per heavy atom. The molecule has 5 nitrogen and oxygen atoms in total. The van der Waals surface area contributed by atoms with E-state index in [9.17, 15) is 9.59 Å². The van der Waals surface area contributed by atoms with Crippen molar-refractivity contribution in [1.82, 2.24) is 14.4 Å². The van der Waals surface area contributed by atoms with Crippen LogP contribution in [-0.4, -0.2) is 53.5 Å². The van der Waals surface area contributed by atoms with Crippen molar-refractivity contribution < 1.29 is 4.79 Å². The third-order valence-corrected chi connectivity index (χ3v) is 4.11. The van der Waals surface area contributed by atoms with Crippen LogP contribution in [0.5, 0.6) is 0 Å². The SMILES string of the molecule is CN1CCN(C(=O)c2cn(C)c(=O)c3ccccc23)CC1. The average molecular weight is 285 g/mol. The predicted molar refractivity (Wildman–Crippen MR) is 82.6 cm³/mol. The van der Waals surface area contributed by atoms with Crippen molar-refractivity contribution in [2.45, 2.75) is 0 Å². The molecule has 0 bridgehead atoms. The van der Waals surface area contributed by atoms with Gasteiger partial charge in [-0.05, 0) is 13.1 Å². The smallest absolute Gasteiger partial charge is 0.258 e. The molecular formula is C16H19N3O2. The first kappa shape index (κ1) is 13.8. The minimum Gasteiger partial charge on any atom is -0.336 e. The highest BCUT2D eigenvalue weighted by Crippen LogP contribution is 2.17. The Balaban J connectivity index is 2.06. The van der Waals surface area contributed by atoms with E-state index in [2.05, 4.69) is 11.9 Å². The Hall–Kier alpha value is -2.14. The number of aryl methyl sites for hydroxylation is 1. The molecule has 0 atom stereocenters. The highest BCUT2D eigenvalue weighted by atomic mass is 16.2. The number of hydrogen-bond donors (Lipinski definition) is 0. The summed E-state index contributed by atoms with van der Waals surface area (Å²) in [5, 5.41) is 1.34. The van der Waals surface area contributed by atoms with Crippen LogP contribution in [-0.2, 0) is 7.05 Å². The Morgan fingerprint density at radius 3 is 2.29 bits per heavy atom. The lowest BCUT2D eigenvalue weighted by molar-refractivity contribution is 0.0665. The summed E-state index contributed by atoms with van der Waals surface area (Å²) in [5.41, 5.74) is 0.540.